The van der Waals surface area contributed by atoms with Gasteiger partial charge in [-0.2, -0.15) is 0 Å². The summed E-state index contributed by atoms with van der Waals surface area (Å²) in [6.45, 7) is 4.09. The third-order valence-electron chi connectivity index (χ3n) is 2.51. The van der Waals surface area contributed by atoms with E-state index in [2.05, 4.69) is 10.6 Å². The molecule has 0 aliphatic carbocycles. The Hall–Kier alpha value is -1.36. The zero-order valence-electron chi connectivity index (χ0n) is 10.2. The third-order valence-corrected chi connectivity index (χ3v) is 3.37. The lowest BCUT2D eigenvalue weighted by Gasteiger charge is -2.14. The van der Waals surface area contributed by atoms with Crippen molar-refractivity contribution in [3.8, 4) is 0 Å². The first-order valence-corrected chi connectivity index (χ1v) is 6.66. The number of hydrogen-bond donors (Lipinski definition) is 2. The summed E-state index contributed by atoms with van der Waals surface area (Å²) in [6, 6.07) is 3.74. The summed E-state index contributed by atoms with van der Waals surface area (Å²) in [5.41, 5.74) is 0. The van der Waals surface area contributed by atoms with Crippen LogP contribution in [-0.4, -0.2) is 24.4 Å². The molecule has 0 radical (unpaired) electrons. The van der Waals surface area contributed by atoms with Gasteiger partial charge in [0.2, 0.25) is 5.91 Å². The Balaban J connectivity index is 2.31. The van der Waals surface area contributed by atoms with Crippen LogP contribution in [0.25, 0.3) is 0 Å². The van der Waals surface area contributed by atoms with E-state index in [4.69, 9.17) is 0 Å². The third kappa shape index (κ3) is 4.56. The van der Waals surface area contributed by atoms with Crippen LogP contribution in [-0.2, 0) is 4.79 Å². The molecule has 1 heterocycles. The average Bonchev–Trinajstić information content (AvgIpc) is 2.86. The van der Waals surface area contributed by atoms with Gasteiger partial charge >= 0.3 is 0 Å². The molecule has 2 amide bonds. The topological polar surface area (TPSA) is 58.2 Å². The van der Waals surface area contributed by atoms with Crippen molar-refractivity contribution in [3.05, 3.63) is 22.4 Å². The minimum atomic E-state index is -0.195. The average molecular weight is 254 g/mol. The smallest absolute Gasteiger partial charge is 0.261 e. The van der Waals surface area contributed by atoms with Crippen LogP contribution in [0.3, 0.4) is 0 Å². The quantitative estimate of drug-likeness (QED) is 0.813. The second kappa shape index (κ2) is 7.06. The molecule has 0 fully saturated rings. The molecule has 17 heavy (non-hydrogen) atoms. The zero-order chi connectivity index (χ0) is 12.7. The number of amides is 2. The minimum absolute atomic E-state index is 0.0350. The van der Waals surface area contributed by atoms with Crippen molar-refractivity contribution in [1.29, 1.82) is 0 Å². The normalized spacial score (nSPS) is 10.3. The van der Waals surface area contributed by atoms with E-state index < -0.39 is 0 Å². The van der Waals surface area contributed by atoms with Crippen LogP contribution in [0.4, 0.5) is 0 Å². The Labute approximate surface area is 105 Å². The monoisotopic (exact) mass is 254 g/mol. The van der Waals surface area contributed by atoms with Gasteiger partial charge in [0.25, 0.3) is 5.91 Å². The number of thiophene rings is 1. The lowest BCUT2D eigenvalue weighted by atomic mass is 10.2. The summed E-state index contributed by atoms with van der Waals surface area (Å²) in [6.07, 6.45) is 1.81. The highest BCUT2D eigenvalue weighted by atomic mass is 32.1. The van der Waals surface area contributed by atoms with Crippen molar-refractivity contribution in [2.75, 3.05) is 6.54 Å². The van der Waals surface area contributed by atoms with Gasteiger partial charge in [-0.05, 0) is 24.3 Å². The molecule has 4 nitrogen and oxygen atoms in total. The second-order valence-electron chi connectivity index (χ2n) is 3.74. The Kier molecular flexibility index (Phi) is 5.69. The maximum absolute atomic E-state index is 11.6. The minimum Gasteiger partial charge on any atom is -0.352 e. The molecule has 1 aromatic rings. The molecule has 1 aromatic heterocycles. The van der Waals surface area contributed by atoms with Gasteiger partial charge in [0.1, 0.15) is 0 Å². The Morgan fingerprint density at radius 3 is 2.59 bits per heavy atom. The number of carbonyl (C=O) groups is 2. The van der Waals surface area contributed by atoms with Crippen LogP contribution < -0.4 is 10.6 Å². The number of rotatable bonds is 6. The first-order valence-electron chi connectivity index (χ1n) is 5.78. The first kappa shape index (κ1) is 13.7. The van der Waals surface area contributed by atoms with E-state index in [0.717, 1.165) is 12.8 Å². The van der Waals surface area contributed by atoms with Gasteiger partial charge in [-0.25, -0.2) is 0 Å². The van der Waals surface area contributed by atoms with E-state index in [1.165, 1.54) is 11.3 Å². The van der Waals surface area contributed by atoms with Crippen molar-refractivity contribution >= 4 is 23.2 Å². The largest absolute Gasteiger partial charge is 0.352 e. The molecule has 0 saturated heterocycles. The lowest BCUT2D eigenvalue weighted by Crippen LogP contribution is -2.41. The Morgan fingerprint density at radius 2 is 2.06 bits per heavy atom. The van der Waals surface area contributed by atoms with Gasteiger partial charge < -0.3 is 10.6 Å². The van der Waals surface area contributed by atoms with Crippen LogP contribution >= 0.6 is 11.3 Å². The van der Waals surface area contributed by atoms with E-state index in [1.807, 2.05) is 25.3 Å². The summed E-state index contributed by atoms with van der Waals surface area (Å²) in [5.74, 6) is -0.330. The standard InChI is InChI=1S/C12H18N2O2S/c1-3-9(4-2)14-11(15)8-13-12(16)10-6-5-7-17-10/h5-7,9H,3-4,8H2,1-2H3,(H,13,16)(H,14,15). The van der Waals surface area contributed by atoms with Gasteiger partial charge in [0.05, 0.1) is 11.4 Å². The van der Waals surface area contributed by atoms with E-state index in [0.29, 0.717) is 4.88 Å². The summed E-state index contributed by atoms with van der Waals surface area (Å²) in [4.78, 5) is 23.7. The summed E-state index contributed by atoms with van der Waals surface area (Å²) in [7, 11) is 0. The van der Waals surface area contributed by atoms with Crippen LogP contribution in [0.5, 0.6) is 0 Å². The van der Waals surface area contributed by atoms with E-state index in [-0.39, 0.29) is 24.4 Å². The molecule has 94 valence electrons. The molecule has 1 rings (SSSR count). The molecular weight excluding hydrogens is 236 g/mol. The molecule has 0 aliphatic heterocycles. The van der Waals surface area contributed by atoms with Gasteiger partial charge in [-0.3, -0.25) is 9.59 Å². The maximum Gasteiger partial charge on any atom is 0.261 e. The highest BCUT2D eigenvalue weighted by Crippen LogP contribution is 2.07. The van der Waals surface area contributed by atoms with E-state index >= 15 is 0 Å². The molecule has 2 N–H and O–H groups in total. The van der Waals surface area contributed by atoms with Crippen molar-refractivity contribution in [2.45, 2.75) is 32.7 Å². The zero-order valence-corrected chi connectivity index (χ0v) is 11.0. The van der Waals surface area contributed by atoms with Crippen molar-refractivity contribution in [1.82, 2.24) is 10.6 Å². The predicted molar refractivity (Wildman–Crippen MR) is 69.2 cm³/mol. The van der Waals surface area contributed by atoms with Gasteiger partial charge in [0.15, 0.2) is 0 Å². The lowest BCUT2D eigenvalue weighted by molar-refractivity contribution is -0.120. The molecule has 5 heteroatoms. The number of carbonyl (C=O) groups excluding carboxylic acids is 2. The fourth-order valence-corrected chi connectivity index (χ4v) is 2.07. The number of nitrogens with one attached hydrogen (secondary N) is 2. The predicted octanol–water partition coefficient (Wildman–Crippen LogP) is 1.78. The Bertz CT molecular complexity index is 359. The second-order valence-corrected chi connectivity index (χ2v) is 4.69. The molecule has 0 spiro atoms. The molecule has 0 bridgehead atoms. The molecule has 0 unspecified atom stereocenters. The molecular formula is C12H18N2O2S. The Morgan fingerprint density at radius 1 is 1.35 bits per heavy atom. The van der Waals surface area contributed by atoms with Crippen molar-refractivity contribution in [3.63, 3.8) is 0 Å². The van der Waals surface area contributed by atoms with Gasteiger partial charge in [-0.15, -0.1) is 11.3 Å². The van der Waals surface area contributed by atoms with Crippen LogP contribution in [0.1, 0.15) is 36.4 Å². The maximum atomic E-state index is 11.6. The van der Waals surface area contributed by atoms with Crippen LogP contribution in [0.2, 0.25) is 0 Å². The van der Waals surface area contributed by atoms with Crippen molar-refractivity contribution in [2.24, 2.45) is 0 Å². The molecule has 0 atom stereocenters. The summed E-state index contributed by atoms with van der Waals surface area (Å²) in [5, 5.41) is 7.30. The SMILES string of the molecule is CCC(CC)NC(=O)CNC(=O)c1cccs1. The van der Waals surface area contributed by atoms with Crippen molar-refractivity contribution < 1.29 is 9.59 Å². The first-order chi connectivity index (χ1) is 8.17. The fraction of sp³-hybridized carbons (Fsp3) is 0.500. The number of hydrogen-bond acceptors (Lipinski definition) is 3. The van der Waals surface area contributed by atoms with Gasteiger partial charge in [-0.1, -0.05) is 19.9 Å². The summed E-state index contributed by atoms with van der Waals surface area (Å²) >= 11 is 1.36. The fourth-order valence-electron chi connectivity index (χ4n) is 1.43. The van der Waals surface area contributed by atoms with Crippen LogP contribution in [0.15, 0.2) is 17.5 Å². The molecule has 0 aromatic carbocycles. The summed E-state index contributed by atoms with van der Waals surface area (Å²) < 4.78 is 0. The molecule has 0 aliphatic rings. The molecule has 0 saturated carbocycles. The van der Waals surface area contributed by atoms with E-state index in [1.54, 1.807) is 6.07 Å². The highest BCUT2D eigenvalue weighted by Gasteiger charge is 2.11. The van der Waals surface area contributed by atoms with E-state index in [9.17, 15) is 9.59 Å². The van der Waals surface area contributed by atoms with Crippen LogP contribution in [0, 0.1) is 0 Å². The highest BCUT2D eigenvalue weighted by molar-refractivity contribution is 7.12. The van der Waals surface area contributed by atoms with Gasteiger partial charge in [0, 0.05) is 6.04 Å².